The molecule has 0 fully saturated rings. The lowest BCUT2D eigenvalue weighted by Crippen LogP contribution is -2.44. The summed E-state index contributed by atoms with van der Waals surface area (Å²) in [6.07, 6.45) is 3.17. The number of nitrogens with one attached hydrogen (secondary N) is 2. The normalized spacial score (nSPS) is 15.5. The topological polar surface area (TPSA) is 90.4 Å². The van der Waals surface area contributed by atoms with Crippen LogP contribution in [-0.4, -0.2) is 45.2 Å². The predicted molar refractivity (Wildman–Crippen MR) is 104 cm³/mol. The predicted octanol–water partition coefficient (Wildman–Crippen LogP) is 2.63. The maximum Gasteiger partial charge on any atom is 0.318 e. The van der Waals surface area contributed by atoms with Crippen molar-refractivity contribution in [3.05, 3.63) is 53.1 Å². The van der Waals surface area contributed by atoms with E-state index in [9.17, 15) is 9.18 Å². The van der Waals surface area contributed by atoms with Gasteiger partial charge in [0.2, 0.25) is 5.95 Å². The number of anilines is 1. The van der Waals surface area contributed by atoms with E-state index in [-0.39, 0.29) is 30.5 Å². The molecule has 0 bridgehead atoms. The summed E-state index contributed by atoms with van der Waals surface area (Å²) in [6, 6.07) is 5.70. The quantitative estimate of drug-likeness (QED) is 0.709. The van der Waals surface area contributed by atoms with Gasteiger partial charge in [-0.2, -0.15) is 0 Å². The maximum absolute atomic E-state index is 13.2. The summed E-state index contributed by atoms with van der Waals surface area (Å²) in [4.78, 5) is 23.3. The number of carbonyl (C=O) groups excluding carboxylic acids is 1. The van der Waals surface area contributed by atoms with E-state index in [1.54, 1.807) is 23.2 Å². The molecule has 2 atom stereocenters. The molecule has 0 saturated heterocycles. The minimum atomic E-state index is -0.294. The third kappa shape index (κ3) is 4.75. The molecule has 0 saturated carbocycles. The highest BCUT2D eigenvalue weighted by Crippen LogP contribution is 2.21. The molecule has 1 aromatic heterocycles. The molecule has 2 amide bonds. The standard InChI is InChI=1S/C20H26FN5O2/c1-3-17(14-4-6-16(21)7-5-14)25-20(28)26-9-8-15-10-22-19(23-13(2)12-27)24-18(15)11-26/h4-7,10,13,17,27H,3,8-9,11-12H2,1-2H3,(H,25,28)(H,22,23,24)/t13-,17+/m0/s1. The molecule has 28 heavy (non-hydrogen) atoms. The van der Waals surface area contributed by atoms with Crippen LogP contribution in [0.4, 0.5) is 15.1 Å². The fraction of sp³-hybridized carbons (Fsp3) is 0.450. The van der Waals surface area contributed by atoms with Crippen molar-refractivity contribution >= 4 is 12.0 Å². The Labute approximate surface area is 164 Å². The maximum atomic E-state index is 13.2. The van der Waals surface area contributed by atoms with E-state index in [0.29, 0.717) is 31.9 Å². The van der Waals surface area contributed by atoms with Crippen molar-refractivity contribution < 1.29 is 14.3 Å². The van der Waals surface area contributed by atoms with Crippen molar-refractivity contribution in [2.75, 3.05) is 18.5 Å². The van der Waals surface area contributed by atoms with E-state index < -0.39 is 0 Å². The first-order chi connectivity index (χ1) is 13.5. The van der Waals surface area contributed by atoms with E-state index in [1.165, 1.54) is 12.1 Å². The third-order valence-corrected chi connectivity index (χ3v) is 4.86. The molecule has 1 aliphatic heterocycles. The Morgan fingerprint density at radius 2 is 2.11 bits per heavy atom. The molecule has 1 aliphatic rings. The monoisotopic (exact) mass is 387 g/mol. The van der Waals surface area contributed by atoms with Gasteiger partial charge in [0.25, 0.3) is 0 Å². The molecule has 0 unspecified atom stereocenters. The highest BCUT2D eigenvalue weighted by Gasteiger charge is 2.24. The lowest BCUT2D eigenvalue weighted by Gasteiger charge is -2.30. The third-order valence-electron chi connectivity index (χ3n) is 4.86. The highest BCUT2D eigenvalue weighted by molar-refractivity contribution is 5.75. The van der Waals surface area contributed by atoms with E-state index in [4.69, 9.17) is 5.11 Å². The van der Waals surface area contributed by atoms with Gasteiger partial charge in [0.1, 0.15) is 5.82 Å². The Morgan fingerprint density at radius 3 is 2.79 bits per heavy atom. The van der Waals surface area contributed by atoms with Crippen LogP contribution in [0, 0.1) is 5.82 Å². The van der Waals surface area contributed by atoms with Gasteiger partial charge >= 0.3 is 6.03 Å². The Morgan fingerprint density at radius 1 is 1.36 bits per heavy atom. The van der Waals surface area contributed by atoms with E-state index in [2.05, 4.69) is 20.6 Å². The van der Waals surface area contributed by atoms with E-state index in [0.717, 1.165) is 16.8 Å². The number of hydrogen-bond acceptors (Lipinski definition) is 5. The number of aliphatic hydroxyl groups excluding tert-OH is 1. The summed E-state index contributed by atoms with van der Waals surface area (Å²) < 4.78 is 13.2. The molecule has 2 heterocycles. The van der Waals surface area contributed by atoms with Gasteiger partial charge in [-0.25, -0.2) is 19.2 Å². The molecule has 8 heteroatoms. The van der Waals surface area contributed by atoms with Crippen LogP contribution in [0.2, 0.25) is 0 Å². The van der Waals surface area contributed by atoms with Gasteiger partial charge in [-0.3, -0.25) is 0 Å². The van der Waals surface area contributed by atoms with Crippen molar-refractivity contribution in [2.24, 2.45) is 0 Å². The number of halogens is 1. The number of amides is 2. The number of aromatic nitrogens is 2. The Kier molecular flexibility index (Phi) is 6.41. The van der Waals surface area contributed by atoms with Crippen LogP contribution in [0.15, 0.2) is 30.5 Å². The molecule has 0 radical (unpaired) electrons. The van der Waals surface area contributed by atoms with Gasteiger partial charge in [-0.1, -0.05) is 19.1 Å². The first kappa shape index (κ1) is 20.0. The van der Waals surface area contributed by atoms with Crippen LogP contribution < -0.4 is 10.6 Å². The number of carbonyl (C=O) groups is 1. The second kappa shape index (κ2) is 8.97. The van der Waals surface area contributed by atoms with Gasteiger partial charge in [0.15, 0.2) is 0 Å². The largest absolute Gasteiger partial charge is 0.394 e. The summed E-state index contributed by atoms with van der Waals surface area (Å²) in [5.74, 6) is 0.150. The SMILES string of the molecule is CC[C@@H](NC(=O)N1CCc2cnc(N[C@@H](C)CO)nc2C1)c1ccc(F)cc1. The zero-order chi connectivity index (χ0) is 20.1. The lowest BCUT2D eigenvalue weighted by atomic mass is 10.0. The van der Waals surface area contributed by atoms with Crippen LogP contribution in [0.3, 0.4) is 0 Å². The number of nitrogens with zero attached hydrogens (tertiary/aromatic N) is 3. The summed E-state index contributed by atoms with van der Waals surface area (Å²) in [5.41, 5.74) is 2.71. The zero-order valence-corrected chi connectivity index (χ0v) is 16.2. The Balaban J connectivity index is 1.67. The minimum absolute atomic E-state index is 0.0171. The molecule has 0 spiro atoms. The molecular formula is C20H26FN5O2. The summed E-state index contributed by atoms with van der Waals surface area (Å²) >= 11 is 0. The number of benzene rings is 1. The van der Waals surface area contributed by atoms with Crippen molar-refractivity contribution in [3.63, 3.8) is 0 Å². The molecule has 3 N–H and O–H groups in total. The number of rotatable bonds is 6. The molecular weight excluding hydrogens is 361 g/mol. The van der Waals surface area contributed by atoms with Crippen molar-refractivity contribution in [3.8, 4) is 0 Å². The van der Waals surface area contributed by atoms with Crippen LogP contribution in [-0.2, 0) is 13.0 Å². The number of hydrogen-bond donors (Lipinski definition) is 3. The van der Waals surface area contributed by atoms with Gasteiger partial charge in [-0.05, 0) is 43.0 Å². The van der Waals surface area contributed by atoms with Crippen LogP contribution in [0.1, 0.15) is 43.1 Å². The summed E-state index contributed by atoms with van der Waals surface area (Å²) in [6.45, 7) is 4.78. The second-order valence-corrected chi connectivity index (χ2v) is 7.03. The zero-order valence-electron chi connectivity index (χ0n) is 16.2. The van der Waals surface area contributed by atoms with Crippen LogP contribution in [0.5, 0.6) is 0 Å². The molecule has 0 aliphatic carbocycles. The first-order valence-corrected chi connectivity index (χ1v) is 9.53. The van der Waals surface area contributed by atoms with Crippen molar-refractivity contribution in [2.45, 2.75) is 45.3 Å². The van der Waals surface area contributed by atoms with E-state index in [1.807, 2.05) is 13.8 Å². The molecule has 2 aromatic rings. The molecule has 3 rings (SSSR count). The lowest BCUT2D eigenvalue weighted by molar-refractivity contribution is 0.187. The van der Waals surface area contributed by atoms with Gasteiger partial charge in [-0.15, -0.1) is 0 Å². The minimum Gasteiger partial charge on any atom is -0.394 e. The van der Waals surface area contributed by atoms with Crippen molar-refractivity contribution in [1.82, 2.24) is 20.2 Å². The Bertz CT molecular complexity index is 815. The van der Waals surface area contributed by atoms with Crippen LogP contribution in [0.25, 0.3) is 0 Å². The molecule has 150 valence electrons. The molecule has 1 aromatic carbocycles. The number of urea groups is 1. The summed E-state index contributed by atoms with van der Waals surface area (Å²) in [5, 5.41) is 15.2. The fourth-order valence-corrected chi connectivity index (χ4v) is 3.17. The van der Waals surface area contributed by atoms with Crippen LogP contribution >= 0.6 is 0 Å². The average molecular weight is 387 g/mol. The highest BCUT2D eigenvalue weighted by atomic mass is 19.1. The summed E-state index contributed by atoms with van der Waals surface area (Å²) in [7, 11) is 0. The smallest absolute Gasteiger partial charge is 0.318 e. The van der Waals surface area contributed by atoms with Gasteiger partial charge in [0, 0.05) is 18.8 Å². The molecule has 7 nitrogen and oxygen atoms in total. The number of fused-ring (bicyclic) bond motifs is 1. The Hall–Kier alpha value is -2.74. The van der Waals surface area contributed by atoms with Crippen molar-refractivity contribution in [1.29, 1.82) is 0 Å². The second-order valence-electron chi connectivity index (χ2n) is 7.03. The average Bonchev–Trinajstić information content (AvgIpc) is 2.72. The number of aliphatic hydroxyl groups is 1. The van der Waals surface area contributed by atoms with Gasteiger partial charge in [0.05, 0.1) is 24.9 Å². The first-order valence-electron chi connectivity index (χ1n) is 9.53. The fourth-order valence-electron chi connectivity index (χ4n) is 3.17. The van der Waals surface area contributed by atoms with Gasteiger partial charge < -0.3 is 20.6 Å². The van der Waals surface area contributed by atoms with E-state index >= 15 is 0 Å².